The smallest absolute Gasteiger partial charge is 0.422 e. The van der Waals surface area contributed by atoms with Crippen molar-refractivity contribution in [3.8, 4) is 0 Å². The first-order valence-corrected chi connectivity index (χ1v) is 8.96. The minimum absolute atomic E-state index is 0.0741. The van der Waals surface area contributed by atoms with E-state index in [0.29, 0.717) is 4.31 Å². The van der Waals surface area contributed by atoms with Gasteiger partial charge in [-0.2, -0.15) is 13.2 Å². The molecule has 1 unspecified atom stereocenters. The predicted molar refractivity (Wildman–Crippen MR) is 84.9 cm³/mol. The van der Waals surface area contributed by atoms with Gasteiger partial charge in [0.15, 0.2) is 6.61 Å². The maximum absolute atomic E-state index is 12.3. The fourth-order valence-corrected chi connectivity index (χ4v) is 3.78. The predicted octanol–water partition coefficient (Wildman–Crippen LogP) is 3.64. The van der Waals surface area contributed by atoms with E-state index in [1.807, 2.05) is 0 Å². The topological polar surface area (TPSA) is 63.7 Å². The molecule has 5 nitrogen and oxygen atoms in total. The minimum atomic E-state index is -4.73. The Hall–Kier alpha value is -1.19. The van der Waals surface area contributed by atoms with Crippen LogP contribution in [0.2, 0.25) is 10.0 Å². The maximum Gasteiger partial charge on any atom is 0.422 e. The zero-order valence-corrected chi connectivity index (χ0v) is 14.9. The summed E-state index contributed by atoms with van der Waals surface area (Å²) in [5.41, 5.74) is -0.195. The van der Waals surface area contributed by atoms with Crippen LogP contribution in [-0.2, 0) is 19.6 Å². The largest absolute Gasteiger partial charge is 0.454 e. The molecule has 1 atom stereocenters. The van der Waals surface area contributed by atoms with E-state index in [4.69, 9.17) is 23.2 Å². The lowest BCUT2D eigenvalue weighted by Gasteiger charge is -2.30. The summed E-state index contributed by atoms with van der Waals surface area (Å²) in [5, 5.41) is -0.148. The number of para-hydroxylation sites is 1. The molecule has 0 amide bonds. The van der Waals surface area contributed by atoms with Gasteiger partial charge in [-0.1, -0.05) is 29.3 Å². The Bertz CT molecular complexity index is 689. The zero-order chi connectivity index (χ0) is 18.7. The number of nitrogens with zero attached hydrogens (tertiary/aromatic N) is 1. The fourth-order valence-electron chi connectivity index (χ4n) is 1.78. The number of alkyl halides is 3. The molecule has 1 aromatic carbocycles. The number of sulfonamides is 1. The molecule has 1 rings (SSSR count). The molecule has 0 heterocycles. The van der Waals surface area contributed by atoms with Gasteiger partial charge in [-0.3, -0.25) is 4.31 Å². The molecule has 136 valence electrons. The van der Waals surface area contributed by atoms with E-state index >= 15 is 0 Å². The number of carbonyl (C=O) groups is 1. The number of halogens is 5. The van der Waals surface area contributed by atoms with Crippen molar-refractivity contribution in [3.63, 3.8) is 0 Å². The summed E-state index contributed by atoms with van der Waals surface area (Å²) < 4.78 is 65.9. The standard InChI is InChI=1S/C13H14Cl2F3NO4S/c1-3-24(21,22)19(11-9(14)5-4-6-10(11)15)8(2)12(20)23-7-13(16,17)18/h4-6,8H,3,7H2,1-2H3. The van der Waals surface area contributed by atoms with Crippen molar-refractivity contribution < 1.29 is 31.1 Å². The number of hydrogen-bond donors (Lipinski definition) is 0. The van der Waals surface area contributed by atoms with Gasteiger partial charge in [0.2, 0.25) is 10.0 Å². The number of benzene rings is 1. The summed E-state index contributed by atoms with van der Waals surface area (Å²) >= 11 is 11.9. The summed E-state index contributed by atoms with van der Waals surface area (Å²) in [7, 11) is -4.07. The minimum Gasteiger partial charge on any atom is -0.454 e. The number of anilines is 1. The van der Waals surface area contributed by atoms with Gasteiger partial charge in [0.25, 0.3) is 0 Å². The monoisotopic (exact) mass is 407 g/mol. The molecule has 0 aliphatic rings. The number of rotatable bonds is 6. The highest BCUT2D eigenvalue weighted by molar-refractivity contribution is 7.92. The highest BCUT2D eigenvalue weighted by atomic mass is 35.5. The molecule has 0 N–H and O–H groups in total. The van der Waals surface area contributed by atoms with E-state index in [9.17, 15) is 26.4 Å². The molecule has 24 heavy (non-hydrogen) atoms. The highest BCUT2D eigenvalue weighted by Crippen LogP contribution is 2.36. The molecule has 0 radical (unpaired) electrons. The Labute approximate surface area is 147 Å². The van der Waals surface area contributed by atoms with Crippen LogP contribution in [0.15, 0.2) is 18.2 Å². The molecular weight excluding hydrogens is 394 g/mol. The first-order valence-electron chi connectivity index (χ1n) is 6.60. The molecule has 0 fully saturated rings. The van der Waals surface area contributed by atoms with Crippen molar-refractivity contribution in [1.82, 2.24) is 0 Å². The van der Waals surface area contributed by atoms with Gasteiger partial charge < -0.3 is 4.74 Å². The van der Waals surface area contributed by atoms with E-state index in [1.54, 1.807) is 0 Å². The zero-order valence-electron chi connectivity index (χ0n) is 12.6. The average Bonchev–Trinajstić information content (AvgIpc) is 2.47. The van der Waals surface area contributed by atoms with E-state index in [-0.39, 0.29) is 15.7 Å². The SMILES string of the molecule is CCS(=O)(=O)N(c1c(Cl)cccc1Cl)C(C)C(=O)OCC(F)(F)F. The third kappa shape index (κ3) is 5.15. The quantitative estimate of drug-likeness (QED) is 0.675. The summed E-state index contributed by atoms with van der Waals surface area (Å²) in [6.45, 7) is 0.568. The number of carbonyl (C=O) groups excluding carboxylic acids is 1. The van der Waals surface area contributed by atoms with Crippen LogP contribution in [0.5, 0.6) is 0 Å². The number of hydrogen-bond acceptors (Lipinski definition) is 4. The summed E-state index contributed by atoms with van der Waals surface area (Å²) in [6, 6.07) is 2.55. The van der Waals surface area contributed by atoms with Gasteiger partial charge in [-0.15, -0.1) is 0 Å². The summed E-state index contributed by atoms with van der Waals surface area (Å²) in [5.74, 6) is -1.80. The van der Waals surface area contributed by atoms with Gasteiger partial charge in [0.05, 0.1) is 21.5 Å². The van der Waals surface area contributed by atoms with Crippen LogP contribution in [0.3, 0.4) is 0 Å². The molecule has 0 bridgehead atoms. The second-order valence-corrected chi connectivity index (χ2v) is 7.61. The highest BCUT2D eigenvalue weighted by Gasteiger charge is 2.37. The Balaban J connectivity index is 3.28. The Morgan fingerprint density at radius 1 is 1.29 bits per heavy atom. The molecular formula is C13H14Cl2F3NO4S. The van der Waals surface area contributed by atoms with E-state index in [1.165, 1.54) is 25.1 Å². The lowest BCUT2D eigenvalue weighted by molar-refractivity contribution is -0.186. The molecule has 1 aromatic rings. The van der Waals surface area contributed by atoms with Crippen molar-refractivity contribution in [3.05, 3.63) is 28.2 Å². The first-order chi connectivity index (χ1) is 10.9. The average molecular weight is 408 g/mol. The first kappa shape index (κ1) is 20.9. The van der Waals surface area contributed by atoms with Crippen LogP contribution >= 0.6 is 23.2 Å². The Kier molecular flexibility index (Phi) is 6.77. The van der Waals surface area contributed by atoms with Gasteiger partial charge in [0, 0.05) is 0 Å². The Morgan fingerprint density at radius 3 is 2.21 bits per heavy atom. The summed E-state index contributed by atoms with van der Waals surface area (Å²) in [4.78, 5) is 11.9. The number of esters is 1. The van der Waals surface area contributed by atoms with Crippen LogP contribution < -0.4 is 4.31 Å². The van der Waals surface area contributed by atoms with Crippen LogP contribution in [-0.4, -0.2) is 39.0 Å². The lowest BCUT2D eigenvalue weighted by Crippen LogP contribution is -2.46. The maximum atomic E-state index is 12.3. The van der Waals surface area contributed by atoms with Gasteiger partial charge in [0.1, 0.15) is 6.04 Å². The molecule has 0 aliphatic heterocycles. The molecule has 0 aromatic heterocycles. The van der Waals surface area contributed by atoms with Crippen LogP contribution in [0.25, 0.3) is 0 Å². The molecule has 11 heteroatoms. The van der Waals surface area contributed by atoms with Crippen LogP contribution in [0, 0.1) is 0 Å². The second-order valence-electron chi connectivity index (χ2n) is 4.67. The second kappa shape index (κ2) is 7.79. The summed E-state index contributed by atoms with van der Waals surface area (Å²) in [6.07, 6.45) is -4.73. The van der Waals surface area contributed by atoms with Gasteiger partial charge >= 0.3 is 12.1 Å². The van der Waals surface area contributed by atoms with E-state index in [0.717, 1.165) is 6.92 Å². The van der Waals surface area contributed by atoms with Gasteiger partial charge in [-0.05, 0) is 26.0 Å². The third-order valence-corrected chi connectivity index (χ3v) is 5.33. The molecule has 0 saturated carbocycles. The van der Waals surface area contributed by atoms with E-state index in [2.05, 4.69) is 4.74 Å². The fraction of sp³-hybridized carbons (Fsp3) is 0.462. The van der Waals surface area contributed by atoms with Crippen molar-refractivity contribution in [1.29, 1.82) is 0 Å². The van der Waals surface area contributed by atoms with Crippen LogP contribution in [0.4, 0.5) is 18.9 Å². The van der Waals surface area contributed by atoms with Crippen molar-refractivity contribution in [2.45, 2.75) is 26.1 Å². The van der Waals surface area contributed by atoms with Crippen molar-refractivity contribution in [2.75, 3.05) is 16.7 Å². The normalized spacial score (nSPS) is 13.5. The van der Waals surface area contributed by atoms with Gasteiger partial charge in [-0.25, -0.2) is 13.2 Å². The Morgan fingerprint density at radius 2 is 1.79 bits per heavy atom. The van der Waals surface area contributed by atoms with Crippen molar-refractivity contribution in [2.24, 2.45) is 0 Å². The van der Waals surface area contributed by atoms with E-state index < -0.39 is 40.6 Å². The lowest BCUT2D eigenvalue weighted by atomic mass is 10.2. The molecule has 0 spiro atoms. The third-order valence-electron chi connectivity index (χ3n) is 2.89. The molecule has 0 saturated heterocycles. The van der Waals surface area contributed by atoms with Crippen molar-refractivity contribution >= 4 is 44.9 Å². The number of ether oxygens (including phenoxy) is 1. The molecule has 0 aliphatic carbocycles. The van der Waals surface area contributed by atoms with Crippen LogP contribution in [0.1, 0.15) is 13.8 Å².